The number of carbonyl (C=O) groups is 2. The molecule has 20 heavy (non-hydrogen) atoms. The largest absolute Gasteiger partial charge is 0.478 e. The number of rotatable bonds is 4. The van der Waals surface area contributed by atoms with Crippen molar-refractivity contribution in [1.82, 2.24) is 5.32 Å². The van der Waals surface area contributed by atoms with Crippen molar-refractivity contribution in [2.75, 3.05) is 0 Å². The van der Waals surface area contributed by atoms with E-state index in [-0.39, 0.29) is 0 Å². The van der Waals surface area contributed by atoms with Gasteiger partial charge in [-0.15, -0.1) is 0 Å². The minimum atomic E-state index is -1.26. The van der Waals surface area contributed by atoms with Gasteiger partial charge in [-0.1, -0.05) is 26.7 Å². The molecule has 2 bridgehead atoms. The summed E-state index contributed by atoms with van der Waals surface area (Å²) in [6.45, 7) is 4.74. The van der Waals surface area contributed by atoms with E-state index in [0.717, 1.165) is 12.0 Å². The first-order valence-corrected chi connectivity index (χ1v) is 7.31. The van der Waals surface area contributed by atoms with E-state index in [4.69, 9.17) is 10.2 Å². The number of fused-ring (bicyclic) bond motifs is 2. The standard InChI is InChI=1S/C11H21N.C4H4O4/c1-3-9(2)11-7-4-5-10(12-11)6-8-11;5-3(6)1-2-4(7)8/h9-10,12H,3-8H2,1-2H3;1-2H,(H,5,6)(H,7,8). The Hall–Kier alpha value is -1.36. The fraction of sp³-hybridized carbons (Fsp3) is 0.733. The second-order valence-corrected chi connectivity index (χ2v) is 5.75. The summed E-state index contributed by atoms with van der Waals surface area (Å²) in [6.07, 6.45) is 9.64. The average Bonchev–Trinajstić information content (AvgIpc) is 2.72. The average molecular weight is 283 g/mol. The van der Waals surface area contributed by atoms with Gasteiger partial charge < -0.3 is 15.5 Å². The van der Waals surface area contributed by atoms with E-state index >= 15 is 0 Å². The minimum absolute atomic E-state index is 0.553. The molecule has 0 amide bonds. The molecule has 3 unspecified atom stereocenters. The molecule has 2 aliphatic rings. The highest BCUT2D eigenvalue weighted by Crippen LogP contribution is 2.41. The highest BCUT2D eigenvalue weighted by molar-refractivity contribution is 5.89. The Kier molecular flexibility index (Phi) is 6.20. The molecular weight excluding hydrogens is 258 g/mol. The van der Waals surface area contributed by atoms with Gasteiger partial charge in [-0.25, -0.2) is 9.59 Å². The maximum Gasteiger partial charge on any atom is 0.328 e. The summed E-state index contributed by atoms with van der Waals surface area (Å²) in [5, 5.41) is 19.5. The lowest BCUT2D eigenvalue weighted by molar-refractivity contribution is -0.134. The first-order chi connectivity index (χ1) is 9.39. The van der Waals surface area contributed by atoms with Crippen LogP contribution in [0.5, 0.6) is 0 Å². The maximum atomic E-state index is 9.55. The maximum absolute atomic E-state index is 9.55. The van der Waals surface area contributed by atoms with Crippen LogP contribution in [-0.4, -0.2) is 33.7 Å². The zero-order valence-electron chi connectivity index (χ0n) is 12.3. The minimum Gasteiger partial charge on any atom is -0.478 e. The number of piperidine rings is 1. The predicted molar refractivity (Wildman–Crippen MR) is 76.6 cm³/mol. The Balaban J connectivity index is 0.000000221. The van der Waals surface area contributed by atoms with E-state index in [1.165, 1.54) is 38.5 Å². The molecule has 0 aromatic heterocycles. The van der Waals surface area contributed by atoms with Crippen LogP contribution in [0.3, 0.4) is 0 Å². The molecule has 114 valence electrons. The van der Waals surface area contributed by atoms with Crippen LogP contribution >= 0.6 is 0 Å². The summed E-state index contributed by atoms with van der Waals surface area (Å²) < 4.78 is 0. The van der Waals surface area contributed by atoms with Gasteiger partial charge in [0, 0.05) is 23.7 Å². The zero-order valence-corrected chi connectivity index (χ0v) is 12.3. The quantitative estimate of drug-likeness (QED) is 0.690. The third-order valence-corrected chi connectivity index (χ3v) is 4.53. The Morgan fingerprint density at radius 3 is 2.35 bits per heavy atom. The summed E-state index contributed by atoms with van der Waals surface area (Å²) >= 11 is 0. The van der Waals surface area contributed by atoms with Crippen LogP contribution < -0.4 is 5.32 Å². The Morgan fingerprint density at radius 2 is 1.85 bits per heavy atom. The SMILES string of the molecule is CCC(C)C12CCCC(CC1)N2.O=C(O)C=CC(=O)O. The number of aliphatic carboxylic acids is 2. The molecule has 3 atom stereocenters. The normalized spacial score (nSPS) is 29.6. The highest BCUT2D eigenvalue weighted by Gasteiger charge is 2.43. The molecule has 0 aliphatic carbocycles. The van der Waals surface area contributed by atoms with Crippen molar-refractivity contribution in [3.8, 4) is 0 Å². The van der Waals surface area contributed by atoms with Crippen LogP contribution in [0.15, 0.2) is 12.2 Å². The Morgan fingerprint density at radius 1 is 1.25 bits per heavy atom. The molecule has 5 heteroatoms. The van der Waals surface area contributed by atoms with Crippen molar-refractivity contribution in [2.24, 2.45) is 5.92 Å². The third kappa shape index (κ3) is 4.63. The van der Waals surface area contributed by atoms with Gasteiger partial charge in [0.15, 0.2) is 0 Å². The molecule has 0 radical (unpaired) electrons. The van der Waals surface area contributed by atoms with Crippen molar-refractivity contribution in [3.63, 3.8) is 0 Å². The van der Waals surface area contributed by atoms with E-state index in [0.29, 0.717) is 17.7 Å². The number of carboxylic acids is 2. The molecule has 2 saturated heterocycles. The molecule has 2 aliphatic heterocycles. The Bertz CT molecular complexity index is 360. The molecule has 2 heterocycles. The molecular formula is C15H25NO4. The molecule has 5 nitrogen and oxygen atoms in total. The number of hydrogen-bond donors (Lipinski definition) is 3. The van der Waals surface area contributed by atoms with Crippen molar-refractivity contribution < 1.29 is 19.8 Å². The van der Waals surface area contributed by atoms with Gasteiger partial charge in [0.2, 0.25) is 0 Å². The smallest absolute Gasteiger partial charge is 0.328 e. The lowest BCUT2D eigenvalue weighted by atomic mass is 9.78. The Labute approximate surface area is 120 Å². The molecule has 0 aromatic carbocycles. The summed E-state index contributed by atoms with van der Waals surface area (Å²) in [4.78, 5) is 19.1. The van der Waals surface area contributed by atoms with Crippen LogP contribution in [-0.2, 0) is 9.59 Å². The lowest BCUT2D eigenvalue weighted by Gasteiger charge is -2.39. The van der Waals surface area contributed by atoms with E-state index in [2.05, 4.69) is 19.2 Å². The zero-order chi connectivity index (χ0) is 15.2. The fourth-order valence-electron chi connectivity index (χ4n) is 3.23. The van der Waals surface area contributed by atoms with E-state index in [1.54, 1.807) is 0 Å². The van der Waals surface area contributed by atoms with Crippen LogP contribution in [0.2, 0.25) is 0 Å². The van der Waals surface area contributed by atoms with Gasteiger partial charge in [-0.2, -0.15) is 0 Å². The monoisotopic (exact) mass is 283 g/mol. The van der Waals surface area contributed by atoms with Gasteiger partial charge in [0.25, 0.3) is 0 Å². The molecule has 0 spiro atoms. The van der Waals surface area contributed by atoms with Crippen molar-refractivity contribution in [2.45, 2.75) is 64.0 Å². The predicted octanol–water partition coefficient (Wildman–Crippen LogP) is 2.42. The first kappa shape index (κ1) is 16.7. The summed E-state index contributed by atoms with van der Waals surface area (Å²) in [5.74, 6) is -1.64. The number of nitrogens with one attached hydrogen (secondary N) is 1. The molecule has 2 rings (SSSR count). The number of hydrogen-bond acceptors (Lipinski definition) is 3. The van der Waals surface area contributed by atoms with Crippen molar-refractivity contribution >= 4 is 11.9 Å². The lowest BCUT2D eigenvalue weighted by Crippen LogP contribution is -2.50. The first-order valence-electron chi connectivity index (χ1n) is 7.31. The molecule has 0 saturated carbocycles. The van der Waals surface area contributed by atoms with E-state index in [1.807, 2.05) is 0 Å². The second-order valence-electron chi connectivity index (χ2n) is 5.75. The van der Waals surface area contributed by atoms with Gasteiger partial charge in [0.05, 0.1) is 0 Å². The molecule has 2 fully saturated rings. The van der Waals surface area contributed by atoms with Gasteiger partial charge in [0.1, 0.15) is 0 Å². The van der Waals surface area contributed by atoms with Gasteiger partial charge in [-0.3, -0.25) is 0 Å². The van der Waals surface area contributed by atoms with Crippen molar-refractivity contribution in [1.29, 1.82) is 0 Å². The van der Waals surface area contributed by atoms with Gasteiger partial charge in [-0.05, 0) is 31.6 Å². The van der Waals surface area contributed by atoms with E-state index in [9.17, 15) is 9.59 Å². The number of carboxylic acid groups (broad SMARTS) is 2. The summed E-state index contributed by atoms with van der Waals surface area (Å²) in [5.41, 5.74) is 0.553. The van der Waals surface area contributed by atoms with Crippen LogP contribution in [0.4, 0.5) is 0 Å². The molecule has 3 N–H and O–H groups in total. The second kappa shape index (κ2) is 7.43. The van der Waals surface area contributed by atoms with Crippen LogP contribution in [0, 0.1) is 5.92 Å². The van der Waals surface area contributed by atoms with Crippen LogP contribution in [0.1, 0.15) is 52.4 Å². The third-order valence-electron chi connectivity index (χ3n) is 4.53. The van der Waals surface area contributed by atoms with Crippen LogP contribution in [0.25, 0.3) is 0 Å². The van der Waals surface area contributed by atoms with E-state index < -0.39 is 11.9 Å². The van der Waals surface area contributed by atoms with Crippen molar-refractivity contribution in [3.05, 3.63) is 12.2 Å². The summed E-state index contributed by atoms with van der Waals surface area (Å²) in [7, 11) is 0. The fourth-order valence-corrected chi connectivity index (χ4v) is 3.23. The molecule has 0 aromatic rings. The highest BCUT2D eigenvalue weighted by atomic mass is 16.4. The van der Waals surface area contributed by atoms with Gasteiger partial charge >= 0.3 is 11.9 Å². The topological polar surface area (TPSA) is 86.6 Å². The summed E-state index contributed by atoms with van der Waals surface area (Å²) in [6, 6.07) is 0.868.